The lowest BCUT2D eigenvalue weighted by Crippen LogP contribution is -2.27. The van der Waals surface area contributed by atoms with Gasteiger partial charge in [0.1, 0.15) is 0 Å². The predicted molar refractivity (Wildman–Crippen MR) is 74.6 cm³/mol. The van der Waals surface area contributed by atoms with Crippen molar-refractivity contribution in [2.24, 2.45) is 5.41 Å². The standard InChI is InChI=1S/C15H25BrO/c1-14(8-4-12(16)10-14)11-13-5-9-15(17-13)6-2-3-7-15/h12-13H,2-11H2,1H3. The highest BCUT2D eigenvalue weighted by Crippen LogP contribution is 2.50. The van der Waals surface area contributed by atoms with Crippen molar-refractivity contribution in [1.29, 1.82) is 0 Å². The fraction of sp³-hybridized carbons (Fsp3) is 1.00. The zero-order valence-corrected chi connectivity index (χ0v) is 12.6. The summed E-state index contributed by atoms with van der Waals surface area (Å²) in [7, 11) is 0. The van der Waals surface area contributed by atoms with Gasteiger partial charge in [-0.1, -0.05) is 35.7 Å². The maximum Gasteiger partial charge on any atom is 0.0687 e. The second kappa shape index (κ2) is 4.52. The van der Waals surface area contributed by atoms with Gasteiger partial charge in [-0.25, -0.2) is 0 Å². The van der Waals surface area contributed by atoms with E-state index in [1.54, 1.807) is 0 Å². The predicted octanol–water partition coefficient (Wildman–Crippen LogP) is 4.82. The molecular formula is C15H25BrO. The number of ether oxygens (including phenoxy) is 1. The summed E-state index contributed by atoms with van der Waals surface area (Å²) >= 11 is 3.78. The van der Waals surface area contributed by atoms with Crippen LogP contribution in [-0.2, 0) is 4.74 Å². The molecule has 3 fully saturated rings. The van der Waals surface area contributed by atoms with Gasteiger partial charge in [0.15, 0.2) is 0 Å². The Kier molecular flexibility index (Phi) is 3.32. The lowest BCUT2D eigenvalue weighted by Gasteiger charge is -2.29. The first-order valence-electron chi connectivity index (χ1n) is 7.41. The number of rotatable bonds is 2. The van der Waals surface area contributed by atoms with Crippen LogP contribution in [0.3, 0.4) is 0 Å². The van der Waals surface area contributed by atoms with E-state index in [1.165, 1.54) is 64.2 Å². The van der Waals surface area contributed by atoms with E-state index in [9.17, 15) is 0 Å². The molecule has 1 aliphatic heterocycles. The van der Waals surface area contributed by atoms with E-state index in [0.29, 0.717) is 17.1 Å². The Labute approximate surface area is 114 Å². The highest BCUT2D eigenvalue weighted by Gasteiger charge is 2.45. The van der Waals surface area contributed by atoms with Crippen LogP contribution in [0.5, 0.6) is 0 Å². The van der Waals surface area contributed by atoms with Gasteiger partial charge < -0.3 is 4.74 Å². The number of hydrogen-bond acceptors (Lipinski definition) is 1. The largest absolute Gasteiger partial charge is 0.372 e. The molecule has 3 rings (SSSR count). The van der Waals surface area contributed by atoms with Gasteiger partial charge in [-0.2, -0.15) is 0 Å². The Balaban J connectivity index is 1.57. The maximum absolute atomic E-state index is 6.46. The van der Waals surface area contributed by atoms with Crippen molar-refractivity contribution in [3.05, 3.63) is 0 Å². The zero-order chi connectivity index (χ0) is 11.9. The summed E-state index contributed by atoms with van der Waals surface area (Å²) in [5.74, 6) is 0. The normalized spacial score (nSPS) is 44.8. The average Bonchev–Trinajstić information content (AvgIpc) is 2.94. The van der Waals surface area contributed by atoms with Crippen LogP contribution < -0.4 is 0 Å². The van der Waals surface area contributed by atoms with Gasteiger partial charge in [-0.15, -0.1) is 0 Å². The third-order valence-electron chi connectivity index (χ3n) is 5.35. The van der Waals surface area contributed by atoms with E-state index in [1.807, 2.05) is 0 Å². The summed E-state index contributed by atoms with van der Waals surface area (Å²) in [6.07, 6.45) is 14.1. The molecule has 2 aliphatic carbocycles. The van der Waals surface area contributed by atoms with Crippen LogP contribution >= 0.6 is 15.9 Å². The van der Waals surface area contributed by atoms with Gasteiger partial charge in [0.05, 0.1) is 11.7 Å². The third kappa shape index (κ3) is 2.58. The maximum atomic E-state index is 6.46. The third-order valence-corrected chi connectivity index (χ3v) is 6.13. The van der Waals surface area contributed by atoms with Gasteiger partial charge in [-0.05, 0) is 56.8 Å². The van der Waals surface area contributed by atoms with Gasteiger partial charge in [-0.3, -0.25) is 0 Å². The summed E-state index contributed by atoms with van der Waals surface area (Å²) in [5, 5.41) is 0. The molecular weight excluding hydrogens is 276 g/mol. The van der Waals surface area contributed by atoms with Crippen molar-refractivity contribution in [1.82, 2.24) is 0 Å². The summed E-state index contributed by atoms with van der Waals surface area (Å²) in [6.45, 7) is 2.47. The van der Waals surface area contributed by atoms with Crippen molar-refractivity contribution in [2.75, 3.05) is 0 Å². The molecule has 0 N–H and O–H groups in total. The molecule has 98 valence electrons. The molecule has 1 nitrogen and oxygen atoms in total. The molecule has 3 atom stereocenters. The number of alkyl halides is 1. The van der Waals surface area contributed by atoms with Gasteiger partial charge in [0.2, 0.25) is 0 Å². The molecule has 0 aromatic heterocycles. The Morgan fingerprint density at radius 2 is 1.88 bits per heavy atom. The van der Waals surface area contributed by atoms with Gasteiger partial charge in [0, 0.05) is 4.83 Å². The topological polar surface area (TPSA) is 9.23 Å². The van der Waals surface area contributed by atoms with E-state index in [-0.39, 0.29) is 0 Å². The molecule has 0 aromatic rings. The van der Waals surface area contributed by atoms with Gasteiger partial charge >= 0.3 is 0 Å². The molecule has 0 bridgehead atoms. The fourth-order valence-corrected chi connectivity index (χ4v) is 5.42. The van der Waals surface area contributed by atoms with E-state index in [4.69, 9.17) is 4.74 Å². The monoisotopic (exact) mass is 300 g/mol. The van der Waals surface area contributed by atoms with Crippen LogP contribution in [0.15, 0.2) is 0 Å². The van der Waals surface area contributed by atoms with Crippen LogP contribution in [0.25, 0.3) is 0 Å². The van der Waals surface area contributed by atoms with Crippen LogP contribution in [0.4, 0.5) is 0 Å². The van der Waals surface area contributed by atoms with Crippen molar-refractivity contribution < 1.29 is 4.74 Å². The Bertz CT molecular complexity index is 285. The molecule has 2 saturated carbocycles. The number of halogens is 1. The first-order chi connectivity index (χ1) is 8.09. The van der Waals surface area contributed by atoms with Crippen LogP contribution in [-0.4, -0.2) is 16.5 Å². The lowest BCUT2D eigenvalue weighted by atomic mass is 9.82. The molecule has 2 heteroatoms. The molecule has 0 amide bonds. The first kappa shape index (κ1) is 12.5. The second-order valence-electron chi connectivity index (χ2n) is 7.02. The van der Waals surface area contributed by atoms with Crippen molar-refractivity contribution in [2.45, 2.75) is 87.7 Å². The minimum atomic E-state index is 0.327. The molecule has 1 spiro atoms. The molecule has 3 aliphatic rings. The Morgan fingerprint density at radius 1 is 1.12 bits per heavy atom. The van der Waals surface area contributed by atoms with E-state index < -0.39 is 0 Å². The van der Waals surface area contributed by atoms with Crippen LogP contribution in [0.2, 0.25) is 0 Å². The Morgan fingerprint density at radius 3 is 2.53 bits per heavy atom. The van der Waals surface area contributed by atoms with Crippen molar-refractivity contribution in [3.63, 3.8) is 0 Å². The fourth-order valence-electron chi connectivity index (χ4n) is 4.41. The van der Waals surface area contributed by atoms with Crippen molar-refractivity contribution >= 4 is 15.9 Å². The summed E-state index contributed by atoms with van der Waals surface area (Å²) in [6, 6.07) is 0. The molecule has 1 saturated heterocycles. The highest BCUT2D eigenvalue weighted by atomic mass is 79.9. The molecule has 0 aromatic carbocycles. The zero-order valence-electron chi connectivity index (χ0n) is 11.0. The Hall–Kier alpha value is 0.440. The summed E-state index contributed by atoms with van der Waals surface area (Å²) in [4.78, 5) is 0.759. The first-order valence-corrected chi connectivity index (χ1v) is 8.33. The lowest BCUT2D eigenvalue weighted by molar-refractivity contribution is -0.0513. The molecule has 0 radical (unpaired) electrons. The van der Waals surface area contributed by atoms with E-state index in [2.05, 4.69) is 22.9 Å². The SMILES string of the molecule is CC1(CC2CCC3(CCCC3)O2)CCC(Br)C1. The van der Waals surface area contributed by atoms with Gasteiger partial charge in [0.25, 0.3) is 0 Å². The van der Waals surface area contributed by atoms with E-state index in [0.717, 1.165) is 4.83 Å². The molecule has 1 heterocycles. The average molecular weight is 301 g/mol. The molecule has 17 heavy (non-hydrogen) atoms. The number of hydrogen-bond donors (Lipinski definition) is 0. The summed E-state index contributed by atoms with van der Waals surface area (Å²) in [5.41, 5.74) is 0.871. The van der Waals surface area contributed by atoms with Crippen LogP contribution in [0, 0.1) is 5.41 Å². The quantitative estimate of drug-likeness (QED) is 0.664. The smallest absolute Gasteiger partial charge is 0.0687 e. The minimum Gasteiger partial charge on any atom is -0.372 e. The second-order valence-corrected chi connectivity index (χ2v) is 8.32. The van der Waals surface area contributed by atoms with Crippen LogP contribution in [0.1, 0.15) is 71.1 Å². The van der Waals surface area contributed by atoms with E-state index >= 15 is 0 Å². The minimum absolute atomic E-state index is 0.327. The highest BCUT2D eigenvalue weighted by molar-refractivity contribution is 9.09. The summed E-state index contributed by atoms with van der Waals surface area (Å²) < 4.78 is 6.46. The molecule has 3 unspecified atom stereocenters. The van der Waals surface area contributed by atoms with Crippen molar-refractivity contribution in [3.8, 4) is 0 Å².